The van der Waals surface area contributed by atoms with Gasteiger partial charge < -0.3 is 9.88 Å². The molecule has 3 atom stereocenters. The Bertz CT molecular complexity index is 372. The molecule has 0 bridgehead atoms. The van der Waals surface area contributed by atoms with Gasteiger partial charge in [-0.1, -0.05) is 26.7 Å². The maximum Gasteiger partial charge on any atom is 0.110 e. The highest BCUT2D eigenvalue weighted by atomic mass is 15.1. The second kappa shape index (κ2) is 7.09. The molecule has 19 heavy (non-hydrogen) atoms. The van der Waals surface area contributed by atoms with Crippen LogP contribution >= 0.6 is 0 Å². The highest BCUT2D eigenvalue weighted by molar-refractivity contribution is 4.97. The summed E-state index contributed by atoms with van der Waals surface area (Å²) in [6.45, 7) is 8.89. The van der Waals surface area contributed by atoms with Crippen LogP contribution in [0.4, 0.5) is 0 Å². The zero-order valence-corrected chi connectivity index (χ0v) is 12.7. The minimum absolute atomic E-state index is 0.598. The lowest BCUT2D eigenvalue weighted by Crippen LogP contribution is -2.40. The first-order valence-electron chi connectivity index (χ1n) is 7.98. The van der Waals surface area contributed by atoms with Crippen molar-refractivity contribution in [3.8, 4) is 0 Å². The summed E-state index contributed by atoms with van der Waals surface area (Å²) in [5.41, 5.74) is 0. The fraction of sp³-hybridized carbons (Fsp3) is 0.812. The summed E-state index contributed by atoms with van der Waals surface area (Å²) in [7, 11) is 0. The summed E-state index contributed by atoms with van der Waals surface area (Å²) in [5, 5.41) is 3.71. The summed E-state index contributed by atoms with van der Waals surface area (Å²) in [4.78, 5) is 4.55. The molecule has 1 saturated carbocycles. The van der Waals surface area contributed by atoms with Crippen LogP contribution in [0.1, 0.15) is 52.3 Å². The second-order valence-corrected chi connectivity index (χ2v) is 6.03. The number of hydrogen-bond acceptors (Lipinski definition) is 2. The summed E-state index contributed by atoms with van der Waals surface area (Å²) < 4.78 is 2.27. The van der Waals surface area contributed by atoms with E-state index in [1.165, 1.54) is 31.5 Å². The first kappa shape index (κ1) is 14.6. The van der Waals surface area contributed by atoms with Crippen molar-refractivity contribution < 1.29 is 0 Å². The fourth-order valence-electron chi connectivity index (χ4n) is 3.53. The predicted molar refractivity (Wildman–Crippen MR) is 80.2 cm³/mol. The molecule has 1 aromatic heterocycles. The quantitative estimate of drug-likeness (QED) is 0.854. The van der Waals surface area contributed by atoms with Gasteiger partial charge in [0.05, 0.1) is 0 Å². The maximum absolute atomic E-state index is 4.55. The molecule has 0 amide bonds. The van der Waals surface area contributed by atoms with Gasteiger partial charge in [0.1, 0.15) is 5.82 Å². The fourth-order valence-corrected chi connectivity index (χ4v) is 3.53. The number of nitrogens with zero attached hydrogens (tertiary/aromatic N) is 2. The van der Waals surface area contributed by atoms with E-state index in [2.05, 4.69) is 41.8 Å². The Hall–Kier alpha value is -0.830. The highest BCUT2D eigenvalue weighted by Gasteiger charge is 2.27. The van der Waals surface area contributed by atoms with Crippen LogP contribution in [0, 0.1) is 11.8 Å². The van der Waals surface area contributed by atoms with Crippen molar-refractivity contribution in [1.82, 2.24) is 14.9 Å². The Balaban J connectivity index is 2.03. The summed E-state index contributed by atoms with van der Waals surface area (Å²) in [6.07, 6.45) is 10.7. The summed E-state index contributed by atoms with van der Waals surface area (Å²) in [5.74, 6) is 2.96. The molecule has 1 aromatic rings. The van der Waals surface area contributed by atoms with Crippen molar-refractivity contribution in [2.75, 3.05) is 6.54 Å². The molecule has 108 valence electrons. The Labute approximate surface area is 117 Å². The number of aromatic nitrogens is 2. The highest BCUT2D eigenvalue weighted by Crippen LogP contribution is 2.31. The Morgan fingerprint density at radius 1 is 1.42 bits per heavy atom. The van der Waals surface area contributed by atoms with Gasteiger partial charge in [-0.05, 0) is 38.1 Å². The molecule has 0 aromatic carbocycles. The van der Waals surface area contributed by atoms with E-state index in [-0.39, 0.29) is 0 Å². The first-order chi connectivity index (χ1) is 9.24. The number of aryl methyl sites for hydroxylation is 1. The van der Waals surface area contributed by atoms with Crippen LogP contribution in [0.3, 0.4) is 0 Å². The Morgan fingerprint density at radius 3 is 2.95 bits per heavy atom. The number of rotatable bonds is 6. The molecule has 0 spiro atoms. The number of imidazole rings is 1. The lowest BCUT2D eigenvalue weighted by Gasteiger charge is -2.33. The normalized spacial score (nSPS) is 25.4. The van der Waals surface area contributed by atoms with E-state index in [0.717, 1.165) is 31.3 Å². The van der Waals surface area contributed by atoms with E-state index in [0.29, 0.717) is 6.04 Å². The molecule has 1 heterocycles. The van der Waals surface area contributed by atoms with Crippen LogP contribution < -0.4 is 5.32 Å². The average molecular weight is 263 g/mol. The van der Waals surface area contributed by atoms with E-state index < -0.39 is 0 Å². The van der Waals surface area contributed by atoms with Crippen molar-refractivity contribution >= 4 is 0 Å². The van der Waals surface area contributed by atoms with Gasteiger partial charge in [0.15, 0.2) is 0 Å². The van der Waals surface area contributed by atoms with Gasteiger partial charge in [-0.15, -0.1) is 0 Å². The van der Waals surface area contributed by atoms with Crippen LogP contribution in [0.2, 0.25) is 0 Å². The summed E-state index contributed by atoms with van der Waals surface area (Å²) >= 11 is 0. The predicted octanol–water partition coefficient (Wildman–Crippen LogP) is 3.25. The molecule has 3 unspecified atom stereocenters. The van der Waals surface area contributed by atoms with E-state index in [1.54, 1.807) is 0 Å². The molecule has 1 aliphatic carbocycles. The van der Waals surface area contributed by atoms with Gasteiger partial charge in [0.2, 0.25) is 0 Å². The molecule has 1 N–H and O–H groups in total. The Kier molecular flexibility index (Phi) is 5.44. The third-order valence-corrected chi connectivity index (χ3v) is 4.56. The van der Waals surface area contributed by atoms with Crippen LogP contribution in [0.25, 0.3) is 0 Å². The first-order valence-corrected chi connectivity index (χ1v) is 7.98. The van der Waals surface area contributed by atoms with E-state index in [4.69, 9.17) is 0 Å². The molecule has 2 rings (SSSR count). The van der Waals surface area contributed by atoms with E-state index in [9.17, 15) is 0 Å². The van der Waals surface area contributed by atoms with Crippen LogP contribution in [0.5, 0.6) is 0 Å². The monoisotopic (exact) mass is 263 g/mol. The van der Waals surface area contributed by atoms with Crippen LogP contribution in [0.15, 0.2) is 12.4 Å². The number of likely N-dealkylation sites (N-methyl/N-ethyl adjacent to an activating group) is 1. The molecule has 3 heteroatoms. The zero-order chi connectivity index (χ0) is 13.7. The van der Waals surface area contributed by atoms with Gasteiger partial charge in [-0.25, -0.2) is 4.98 Å². The van der Waals surface area contributed by atoms with Crippen molar-refractivity contribution in [3.05, 3.63) is 18.2 Å². The van der Waals surface area contributed by atoms with Crippen molar-refractivity contribution in [3.63, 3.8) is 0 Å². The van der Waals surface area contributed by atoms with Crippen molar-refractivity contribution in [2.45, 2.75) is 65.5 Å². The molecule has 1 aliphatic rings. The van der Waals surface area contributed by atoms with Crippen molar-refractivity contribution in [2.24, 2.45) is 11.8 Å². The molecular weight excluding hydrogens is 234 g/mol. The SMILES string of the molecule is CCNC(Cc1nccn1CC)C1CCCC(C)C1. The van der Waals surface area contributed by atoms with E-state index in [1.807, 2.05) is 6.20 Å². The molecule has 1 fully saturated rings. The molecule has 3 nitrogen and oxygen atoms in total. The number of hydrogen-bond donors (Lipinski definition) is 1. The largest absolute Gasteiger partial charge is 0.335 e. The third kappa shape index (κ3) is 3.82. The average Bonchev–Trinajstić information content (AvgIpc) is 2.85. The van der Waals surface area contributed by atoms with Crippen LogP contribution in [-0.2, 0) is 13.0 Å². The summed E-state index contributed by atoms with van der Waals surface area (Å²) in [6, 6.07) is 0.598. The number of nitrogens with one attached hydrogen (secondary N) is 1. The lowest BCUT2D eigenvalue weighted by molar-refractivity contribution is 0.220. The van der Waals surface area contributed by atoms with Gasteiger partial charge in [0.25, 0.3) is 0 Å². The maximum atomic E-state index is 4.55. The Morgan fingerprint density at radius 2 is 2.26 bits per heavy atom. The smallest absolute Gasteiger partial charge is 0.110 e. The molecule has 0 aliphatic heterocycles. The molecule has 0 radical (unpaired) electrons. The van der Waals surface area contributed by atoms with Gasteiger partial charge in [-0.3, -0.25) is 0 Å². The molecular formula is C16H29N3. The standard InChI is InChI=1S/C16H29N3/c1-4-17-15(14-8-6-7-13(3)11-14)12-16-18-9-10-19(16)5-2/h9-10,13-15,17H,4-8,11-12H2,1-3H3. The van der Waals surface area contributed by atoms with Gasteiger partial charge in [0, 0.05) is 31.4 Å². The molecule has 0 saturated heterocycles. The minimum atomic E-state index is 0.598. The second-order valence-electron chi connectivity index (χ2n) is 6.03. The minimum Gasteiger partial charge on any atom is -0.335 e. The lowest BCUT2D eigenvalue weighted by atomic mass is 9.77. The van der Waals surface area contributed by atoms with Crippen LogP contribution in [-0.4, -0.2) is 22.1 Å². The van der Waals surface area contributed by atoms with Gasteiger partial charge in [-0.2, -0.15) is 0 Å². The van der Waals surface area contributed by atoms with E-state index >= 15 is 0 Å². The topological polar surface area (TPSA) is 29.9 Å². The zero-order valence-electron chi connectivity index (χ0n) is 12.7. The third-order valence-electron chi connectivity index (χ3n) is 4.56. The van der Waals surface area contributed by atoms with Gasteiger partial charge >= 0.3 is 0 Å². The van der Waals surface area contributed by atoms with Crippen molar-refractivity contribution in [1.29, 1.82) is 0 Å².